The molecular weight excluding hydrogens is 214 g/mol. The van der Waals surface area contributed by atoms with Gasteiger partial charge in [-0.15, -0.1) is 11.3 Å². The molecule has 0 aliphatic rings. The predicted molar refractivity (Wildman–Crippen MR) is 55.1 cm³/mol. The monoisotopic (exact) mass is 223 g/mol. The van der Waals surface area contributed by atoms with Crippen LogP contribution in [-0.4, -0.2) is 25.6 Å². The number of rotatable bonds is 3. The zero-order chi connectivity index (χ0) is 10.8. The van der Waals surface area contributed by atoms with Gasteiger partial charge in [0.15, 0.2) is 5.69 Å². The quantitative estimate of drug-likeness (QED) is 0.859. The molecule has 2 rings (SSSR count). The van der Waals surface area contributed by atoms with Gasteiger partial charge in [0, 0.05) is 17.3 Å². The Labute approximate surface area is 90.0 Å². The zero-order valence-corrected chi connectivity index (χ0v) is 8.81. The number of aromatic carboxylic acids is 1. The summed E-state index contributed by atoms with van der Waals surface area (Å²) in [5.41, 5.74) is 1.81. The van der Waals surface area contributed by atoms with E-state index in [0.717, 1.165) is 4.88 Å². The topological polar surface area (TPSA) is 68.0 Å². The normalized spacial score (nSPS) is 12.6. The Kier molecular flexibility index (Phi) is 2.51. The fourth-order valence-electron chi connectivity index (χ4n) is 1.24. The molecule has 2 aromatic heterocycles. The zero-order valence-electron chi connectivity index (χ0n) is 7.99. The second kappa shape index (κ2) is 3.82. The Hall–Kier alpha value is -1.69. The maximum absolute atomic E-state index is 10.6. The molecule has 0 aromatic carbocycles. The van der Waals surface area contributed by atoms with Crippen molar-refractivity contribution < 1.29 is 9.90 Å². The molecule has 0 aliphatic heterocycles. The lowest BCUT2D eigenvalue weighted by atomic mass is 10.3. The average molecular weight is 223 g/mol. The van der Waals surface area contributed by atoms with Crippen molar-refractivity contribution in [1.29, 1.82) is 0 Å². The van der Waals surface area contributed by atoms with Crippen LogP contribution in [0.5, 0.6) is 0 Å². The molecule has 78 valence electrons. The molecule has 2 heterocycles. The van der Waals surface area contributed by atoms with Gasteiger partial charge in [0.2, 0.25) is 0 Å². The summed E-state index contributed by atoms with van der Waals surface area (Å²) in [6, 6.07) is 0.0677. The van der Waals surface area contributed by atoms with Gasteiger partial charge in [0.1, 0.15) is 0 Å². The highest BCUT2D eigenvalue weighted by Crippen LogP contribution is 2.21. The first kappa shape index (κ1) is 9.85. The molecule has 0 fully saturated rings. The number of hydrogen-bond donors (Lipinski definition) is 1. The van der Waals surface area contributed by atoms with Crippen molar-refractivity contribution in [3.63, 3.8) is 0 Å². The van der Waals surface area contributed by atoms with Crippen molar-refractivity contribution in [3.8, 4) is 0 Å². The molecule has 0 bridgehead atoms. The number of carboxylic acid groups (broad SMARTS) is 1. The lowest BCUT2D eigenvalue weighted by Gasteiger charge is -2.09. The van der Waals surface area contributed by atoms with Crippen LogP contribution in [0.2, 0.25) is 0 Å². The first-order valence-corrected chi connectivity index (χ1v) is 5.21. The molecule has 0 aliphatic carbocycles. The third-order valence-corrected chi connectivity index (χ3v) is 3.08. The van der Waals surface area contributed by atoms with E-state index in [1.165, 1.54) is 23.9 Å². The SMILES string of the molecule is C[C@@H](c1cncs1)n1cnc(C(=O)O)c1. The smallest absolute Gasteiger partial charge is 0.356 e. The lowest BCUT2D eigenvalue weighted by Crippen LogP contribution is -2.02. The van der Waals surface area contributed by atoms with Crippen LogP contribution in [0.25, 0.3) is 0 Å². The Morgan fingerprint density at radius 1 is 1.67 bits per heavy atom. The van der Waals surface area contributed by atoms with Crippen molar-refractivity contribution in [2.24, 2.45) is 0 Å². The fourth-order valence-corrected chi connectivity index (χ4v) is 1.92. The van der Waals surface area contributed by atoms with Gasteiger partial charge >= 0.3 is 5.97 Å². The Balaban J connectivity index is 2.26. The standard InChI is InChI=1S/C9H9N3O2S/c1-6(8-2-10-5-15-8)12-3-7(9(13)14)11-4-12/h2-6H,1H3,(H,13,14)/t6-/m0/s1. The maximum Gasteiger partial charge on any atom is 0.356 e. The van der Waals surface area contributed by atoms with Crippen molar-refractivity contribution in [2.75, 3.05) is 0 Å². The second-order valence-corrected chi connectivity index (χ2v) is 4.01. The maximum atomic E-state index is 10.6. The van der Waals surface area contributed by atoms with Crippen LogP contribution in [0.1, 0.15) is 28.3 Å². The van der Waals surface area contributed by atoms with Gasteiger partial charge < -0.3 is 9.67 Å². The van der Waals surface area contributed by atoms with E-state index in [1.807, 2.05) is 6.92 Å². The van der Waals surface area contributed by atoms with Crippen molar-refractivity contribution in [1.82, 2.24) is 14.5 Å². The van der Waals surface area contributed by atoms with E-state index in [9.17, 15) is 4.79 Å². The Bertz CT molecular complexity index is 463. The van der Waals surface area contributed by atoms with Crippen LogP contribution in [0.3, 0.4) is 0 Å². The summed E-state index contributed by atoms with van der Waals surface area (Å²) in [4.78, 5) is 19.5. The molecule has 0 spiro atoms. The number of aromatic nitrogens is 3. The van der Waals surface area contributed by atoms with Crippen LogP contribution in [0, 0.1) is 0 Å². The highest BCUT2D eigenvalue weighted by atomic mass is 32.1. The first-order chi connectivity index (χ1) is 7.18. The van der Waals surface area contributed by atoms with Gasteiger partial charge in [-0.1, -0.05) is 0 Å². The molecule has 15 heavy (non-hydrogen) atoms. The van der Waals surface area contributed by atoms with Crippen LogP contribution in [0.4, 0.5) is 0 Å². The van der Waals surface area contributed by atoms with E-state index in [2.05, 4.69) is 9.97 Å². The van der Waals surface area contributed by atoms with E-state index in [1.54, 1.807) is 16.3 Å². The molecule has 0 saturated carbocycles. The van der Waals surface area contributed by atoms with Crippen molar-refractivity contribution in [2.45, 2.75) is 13.0 Å². The van der Waals surface area contributed by atoms with Gasteiger partial charge in [0.25, 0.3) is 0 Å². The van der Waals surface area contributed by atoms with Crippen LogP contribution in [0.15, 0.2) is 24.2 Å². The van der Waals surface area contributed by atoms with Gasteiger partial charge in [-0.05, 0) is 6.92 Å². The number of carboxylic acids is 1. The summed E-state index contributed by atoms with van der Waals surface area (Å²) in [6.07, 6.45) is 4.82. The molecular formula is C9H9N3O2S. The number of carbonyl (C=O) groups is 1. The van der Waals surface area contributed by atoms with Crippen LogP contribution >= 0.6 is 11.3 Å². The summed E-state index contributed by atoms with van der Waals surface area (Å²) in [7, 11) is 0. The summed E-state index contributed by atoms with van der Waals surface area (Å²) >= 11 is 1.54. The molecule has 0 unspecified atom stereocenters. The first-order valence-electron chi connectivity index (χ1n) is 4.33. The molecule has 0 amide bonds. The summed E-state index contributed by atoms with van der Waals surface area (Å²) in [5.74, 6) is -1.01. The van der Waals surface area contributed by atoms with Gasteiger partial charge in [-0.3, -0.25) is 4.98 Å². The third kappa shape index (κ3) is 1.89. The third-order valence-electron chi connectivity index (χ3n) is 2.13. The number of imidazole rings is 1. The molecule has 0 saturated heterocycles. The van der Waals surface area contributed by atoms with Crippen LogP contribution < -0.4 is 0 Å². The Morgan fingerprint density at radius 3 is 3.00 bits per heavy atom. The summed E-state index contributed by atoms with van der Waals surface area (Å²) in [5, 5.41) is 8.72. The van der Waals surface area contributed by atoms with E-state index < -0.39 is 5.97 Å². The summed E-state index contributed by atoms with van der Waals surface area (Å²) in [6.45, 7) is 1.97. The lowest BCUT2D eigenvalue weighted by molar-refractivity contribution is 0.0691. The largest absolute Gasteiger partial charge is 0.476 e. The fraction of sp³-hybridized carbons (Fsp3) is 0.222. The number of hydrogen-bond acceptors (Lipinski definition) is 4. The second-order valence-electron chi connectivity index (χ2n) is 3.09. The number of thiazole rings is 1. The van der Waals surface area contributed by atoms with E-state index in [-0.39, 0.29) is 11.7 Å². The highest BCUT2D eigenvalue weighted by molar-refractivity contribution is 7.09. The van der Waals surface area contributed by atoms with E-state index in [4.69, 9.17) is 5.11 Å². The molecule has 0 radical (unpaired) electrons. The minimum Gasteiger partial charge on any atom is -0.476 e. The van der Waals surface area contributed by atoms with E-state index in [0.29, 0.717) is 0 Å². The Morgan fingerprint density at radius 2 is 2.47 bits per heavy atom. The van der Waals surface area contributed by atoms with Crippen LogP contribution in [-0.2, 0) is 0 Å². The minimum absolute atomic E-state index is 0.0614. The summed E-state index contributed by atoms with van der Waals surface area (Å²) < 4.78 is 1.76. The van der Waals surface area contributed by atoms with Crippen molar-refractivity contribution >= 4 is 17.3 Å². The highest BCUT2D eigenvalue weighted by Gasteiger charge is 2.12. The molecule has 1 atom stereocenters. The average Bonchev–Trinajstić information content (AvgIpc) is 2.88. The molecule has 1 N–H and O–H groups in total. The molecule has 6 heteroatoms. The molecule has 2 aromatic rings. The van der Waals surface area contributed by atoms with E-state index >= 15 is 0 Å². The van der Waals surface area contributed by atoms with Crippen molar-refractivity contribution in [3.05, 3.63) is 34.8 Å². The van der Waals surface area contributed by atoms with Gasteiger partial charge in [-0.25, -0.2) is 9.78 Å². The molecule has 5 nitrogen and oxygen atoms in total. The van der Waals surface area contributed by atoms with Gasteiger partial charge in [0.05, 0.1) is 17.9 Å². The predicted octanol–water partition coefficient (Wildman–Crippen LogP) is 1.65. The van der Waals surface area contributed by atoms with Gasteiger partial charge in [-0.2, -0.15) is 0 Å². The number of nitrogens with zero attached hydrogens (tertiary/aromatic N) is 3. The minimum atomic E-state index is -1.01.